The first-order valence-electron chi connectivity index (χ1n) is 6.49. The average Bonchev–Trinajstić information content (AvgIpc) is 2.62. The van der Waals surface area contributed by atoms with Crippen LogP contribution in [0.25, 0.3) is 0 Å². The summed E-state index contributed by atoms with van der Waals surface area (Å²) in [6.07, 6.45) is 6.27. The second-order valence-electron chi connectivity index (χ2n) is 6.62. The number of carbonyl (C=O) groups is 1. The zero-order valence-electron chi connectivity index (χ0n) is 11.6. The third-order valence-corrected chi connectivity index (χ3v) is 3.91. The molecular formula is C14H27NO. The van der Waals surface area contributed by atoms with E-state index >= 15 is 0 Å². The summed E-state index contributed by atoms with van der Waals surface area (Å²) in [5.74, 6) is 0.463. The summed E-state index contributed by atoms with van der Waals surface area (Å²) in [7, 11) is 4.11. The summed E-state index contributed by atoms with van der Waals surface area (Å²) in [5.41, 5.74) is 0.132. The van der Waals surface area contributed by atoms with Crippen LogP contribution in [0.4, 0.5) is 0 Å². The highest BCUT2D eigenvalue weighted by Gasteiger charge is 2.42. The molecule has 1 aliphatic rings. The fraction of sp³-hybridized carbons (Fsp3) is 0.929. The lowest BCUT2D eigenvalue weighted by Crippen LogP contribution is -2.49. The van der Waals surface area contributed by atoms with Crippen molar-refractivity contribution in [2.24, 2.45) is 5.41 Å². The summed E-state index contributed by atoms with van der Waals surface area (Å²) in [6, 6.07) is 0. The fourth-order valence-electron chi connectivity index (χ4n) is 2.66. The van der Waals surface area contributed by atoms with E-state index in [1.165, 1.54) is 12.8 Å². The van der Waals surface area contributed by atoms with Crippen molar-refractivity contribution in [3.63, 3.8) is 0 Å². The minimum atomic E-state index is -0.134. The molecule has 0 aliphatic heterocycles. The van der Waals surface area contributed by atoms with Crippen molar-refractivity contribution in [3.8, 4) is 0 Å². The van der Waals surface area contributed by atoms with Gasteiger partial charge in [-0.25, -0.2) is 0 Å². The van der Waals surface area contributed by atoms with Gasteiger partial charge in [-0.2, -0.15) is 0 Å². The van der Waals surface area contributed by atoms with Gasteiger partial charge in [-0.15, -0.1) is 0 Å². The monoisotopic (exact) mass is 225 g/mol. The van der Waals surface area contributed by atoms with E-state index < -0.39 is 0 Å². The second-order valence-corrected chi connectivity index (χ2v) is 6.62. The molecule has 1 fully saturated rings. The predicted octanol–water partition coefficient (Wildman–Crippen LogP) is 3.26. The van der Waals surface area contributed by atoms with Gasteiger partial charge in [0.2, 0.25) is 0 Å². The quantitative estimate of drug-likeness (QED) is 0.732. The molecule has 2 heteroatoms. The van der Waals surface area contributed by atoms with Gasteiger partial charge in [0.15, 0.2) is 5.78 Å². The number of carbonyl (C=O) groups excluding carboxylic acids is 1. The van der Waals surface area contributed by atoms with Crippen LogP contribution in [0, 0.1) is 5.41 Å². The zero-order valence-corrected chi connectivity index (χ0v) is 11.6. The third-order valence-electron chi connectivity index (χ3n) is 3.91. The Bertz CT molecular complexity index is 244. The minimum Gasteiger partial charge on any atom is -0.298 e. The molecule has 94 valence electrons. The third kappa shape index (κ3) is 3.07. The Morgan fingerprint density at radius 1 is 1.19 bits per heavy atom. The number of nitrogens with zero attached hydrogens (tertiary/aromatic N) is 1. The van der Waals surface area contributed by atoms with Crippen molar-refractivity contribution < 1.29 is 4.79 Å². The van der Waals surface area contributed by atoms with Gasteiger partial charge >= 0.3 is 0 Å². The van der Waals surface area contributed by atoms with Gasteiger partial charge in [-0.3, -0.25) is 9.69 Å². The highest BCUT2D eigenvalue weighted by Crippen LogP contribution is 2.36. The largest absolute Gasteiger partial charge is 0.298 e. The number of hydrogen-bond donors (Lipinski definition) is 0. The van der Waals surface area contributed by atoms with Gasteiger partial charge in [0.05, 0.1) is 5.54 Å². The zero-order chi connectivity index (χ0) is 12.4. The molecule has 0 unspecified atom stereocenters. The van der Waals surface area contributed by atoms with Gasteiger partial charge in [-0.1, -0.05) is 33.6 Å². The predicted molar refractivity (Wildman–Crippen MR) is 68.6 cm³/mol. The second kappa shape index (κ2) is 4.87. The van der Waals surface area contributed by atoms with Crippen LogP contribution < -0.4 is 0 Å². The number of likely N-dealkylation sites (N-methyl/N-ethyl adjacent to an activating group) is 1. The molecule has 2 nitrogen and oxygen atoms in total. The fourth-order valence-corrected chi connectivity index (χ4v) is 2.66. The maximum absolute atomic E-state index is 12.4. The van der Waals surface area contributed by atoms with Gasteiger partial charge in [-0.05, 0) is 38.8 Å². The Morgan fingerprint density at radius 3 is 2.06 bits per heavy atom. The van der Waals surface area contributed by atoms with Crippen molar-refractivity contribution >= 4 is 5.78 Å². The maximum Gasteiger partial charge on any atom is 0.153 e. The molecule has 1 aliphatic carbocycles. The molecule has 0 amide bonds. The van der Waals surface area contributed by atoms with Crippen molar-refractivity contribution in [1.82, 2.24) is 4.90 Å². The molecule has 1 saturated carbocycles. The number of hydrogen-bond acceptors (Lipinski definition) is 2. The lowest BCUT2D eigenvalue weighted by Gasteiger charge is -2.35. The lowest BCUT2D eigenvalue weighted by atomic mass is 9.83. The average molecular weight is 225 g/mol. The normalized spacial score (nSPS) is 20.4. The molecule has 0 aromatic rings. The van der Waals surface area contributed by atoms with E-state index in [2.05, 4.69) is 39.8 Å². The van der Waals surface area contributed by atoms with E-state index in [9.17, 15) is 4.79 Å². The smallest absolute Gasteiger partial charge is 0.153 e. The van der Waals surface area contributed by atoms with Gasteiger partial charge in [0, 0.05) is 6.42 Å². The van der Waals surface area contributed by atoms with Crippen LogP contribution in [0.5, 0.6) is 0 Å². The minimum absolute atomic E-state index is 0.134. The molecule has 0 bridgehead atoms. The standard InChI is InChI=1S/C14H27NO/c1-13(2,3)11-8-12(16)14(15(4)5)9-6-7-10-14/h6-11H2,1-5H3. The summed E-state index contributed by atoms with van der Waals surface area (Å²) in [5, 5.41) is 0. The van der Waals surface area contributed by atoms with Crippen LogP contribution in [0.2, 0.25) is 0 Å². The Balaban J connectivity index is 2.63. The van der Waals surface area contributed by atoms with Crippen LogP contribution in [-0.2, 0) is 4.79 Å². The number of ketones is 1. The number of Topliss-reactive ketones (excluding diaryl/α,β-unsaturated/α-hetero) is 1. The molecule has 0 N–H and O–H groups in total. The molecule has 16 heavy (non-hydrogen) atoms. The first-order chi connectivity index (χ1) is 7.28. The molecule has 0 radical (unpaired) electrons. The van der Waals surface area contributed by atoms with Crippen molar-refractivity contribution in [1.29, 1.82) is 0 Å². The first kappa shape index (κ1) is 13.7. The van der Waals surface area contributed by atoms with Crippen LogP contribution in [-0.4, -0.2) is 30.3 Å². The van der Waals surface area contributed by atoms with Gasteiger partial charge < -0.3 is 0 Å². The molecule has 1 rings (SSSR count). The van der Waals surface area contributed by atoms with E-state index in [1.807, 2.05) is 0 Å². The van der Waals surface area contributed by atoms with Crippen LogP contribution in [0.3, 0.4) is 0 Å². The SMILES string of the molecule is CN(C)C1(C(=O)CCC(C)(C)C)CCCC1. The van der Waals surface area contributed by atoms with E-state index in [0.717, 1.165) is 25.7 Å². The molecule has 0 heterocycles. The molecule has 0 saturated heterocycles. The van der Waals surface area contributed by atoms with Crippen molar-refractivity contribution in [2.75, 3.05) is 14.1 Å². The van der Waals surface area contributed by atoms with E-state index in [-0.39, 0.29) is 11.0 Å². The van der Waals surface area contributed by atoms with E-state index in [4.69, 9.17) is 0 Å². The van der Waals surface area contributed by atoms with Gasteiger partial charge in [0.1, 0.15) is 0 Å². The molecule has 0 aromatic heterocycles. The Labute approximate surface area is 100 Å². The number of rotatable bonds is 4. The molecule has 0 atom stereocenters. The lowest BCUT2D eigenvalue weighted by molar-refractivity contribution is -0.130. The molecular weight excluding hydrogens is 198 g/mol. The van der Waals surface area contributed by atoms with Crippen molar-refractivity contribution in [3.05, 3.63) is 0 Å². The Kier molecular flexibility index (Phi) is 4.17. The first-order valence-corrected chi connectivity index (χ1v) is 6.49. The maximum atomic E-state index is 12.4. The highest BCUT2D eigenvalue weighted by atomic mass is 16.1. The molecule has 0 spiro atoms. The van der Waals surface area contributed by atoms with Crippen molar-refractivity contribution in [2.45, 2.75) is 64.8 Å². The summed E-state index contributed by atoms with van der Waals surface area (Å²) in [4.78, 5) is 14.6. The van der Waals surface area contributed by atoms with Crippen LogP contribution in [0.15, 0.2) is 0 Å². The van der Waals surface area contributed by atoms with E-state index in [1.54, 1.807) is 0 Å². The Morgan fingerprint density at radius 2 is 1.69 bits per heavy atom. The van der Waals surface area contributed by atoms with Crippen LogP contribution in [0.1, 0.15) is 59.3 Å². The Hall–Kier alpha value is -0.370. The van der Waals surface area contributed by atoms with Gasteiger partial charge in [0.25, 0.3) is 0 Å². The molecule has 0 aromatic carbocycles. The highest BCUT2D eigenvalue weighted by molar-refractivity contribution is 5.88. The topological polar surface area (TPSA) is 20.3 Å². The summed E-state index contributed by atoms with van der Waals surface area (Å²) in [6.45, 7) is 6.62. The summed E-state index contributed by atoms with van der Waals surface area (Å²) >= 11 is 0. The van der Waals surface area contributed by atoms with E-state index in [0.29, 0.717) is 5.78 Å². The summed E-state index contributed by atoms with van der Waals surface area (Å²) < 4.78 is 0. The van der Waals surface area contributed by atoms with Crippen LogP contribution >= 0.6 is 0 Å².